The Balaban J connectivity index is 1.38. The van der Waals surface area contributed by atoms with Gasteiger partial charge in [0.25, 0.3) is 5.91 Å². The first-order chi connectivity index (χ1) is 17.9. The Labute approximate surface area is 215 Å². The lowest BCUT2D eigenvalue weighted by Crippen LogP contribution is -2.50. The molecule has 2 saturated carbocycles. The number of rotatable bonds is 11. The molecule has 2 amide bonds. The standard InChI is InChI=1S/C27H34FN7O2/c1-4-14-35-20(12-13-29-35)26(36)32-24(23(16-6-7-16)17-8-9-17)27(37)31-21-11-10-18(25(28)30-21)22-15(3)33-34-19(22)5-2/h10-13,16-17,23-24H,4-9,14H2,1-3H3,(H,32,36)(H,33,34)(H,30,31,37). The second kappa shape index (κ2) is 10.4. The molecule has 2 fully saturated rings. The molecule has 0 radical (unpaired) electrons. The molecule has 0 spiro atoms. The Morgan fingerprint density at radius 2 is 1.89 bits per heavy atom. The number of pyridine rings is 1. The van der Waals surface area contributed by atoms with Crippen LogP contribution < -0.4 is 10.6 Å². The molecule has 3 heterocycles. The second-order valence-electron chi connectivity index (χ2n) is 10.2. The number of amides is 2. The molecule has 196 valence electrons. The first-order valence-corrected chi connectivity index (χ1v) is 13.3. The lowest BCUT2D eigenvalue weighted by molar-refractivity contribution is -0.119. The van der Waals surface area contributed by atoms with E-state index in [-0.39, 0.29) is 23.6 Å². The van der Waals surface area contributed by atoms with Crippen LogP contribution in [0.1, 0.15) is 67.8 Å². The lowest BCUT2D eigenvalue weighted by Gasteiger charge is -2.27. The number of aromatic nitrogens is 5. The Morgan fingerprint density at radius 3 is 2.51 bits per heavy atom. The first kappa shape index (κ1) is 25.1. The van der Waals surface area contributed by atoms with Crippen LogP contribution in [0.4, 0.5) is 10.2 Å². The quantitative estimate of drug-likeness (QED) is 0.335. The zero-order valence-electron chi connectivity index (χ0n) is 21.6. The molecule has 3 aromatic rings. The van der Waals surface area contributed by atoms with Gasteiger partial charge >= 0.3 is 0 Å². The number of anilines is 1. The van der Waals surface area contributed by atoms with E-state index < -0.39 is 12.0 Å². The highest BCUT2D eigenvalue weighted by molar-refractivity contribution is 6.00. The van der Waals surface area contributed by atoms with Crippen LogP contribution in [0.5, 0.6) is 0 Å². The van der Waals surface area contributed by atoms with Gasteiger partial charge in [-0.05, 0) is 81.4 Å². The number of nitrogens with one attached hydrogen (secondary N) is 3. The third-order valence-corrected chi connectivity index (χ3v) is 7.42. The maximum Gasteiger partial charge on any atom is 0.270 e. The molecule has 5 rings (SSSR count). The fourth-order valence-corrected chi connectivity index (χ4v) is 5.35. The monoisotopic (exact) mass is 507 g/mol. The van der Waals surface area contributed by atoms with E-state index in [9.17, 15) is 9.59 Å². The molecule has 10 heteroatoms. The van der Waals surface area contributed by atoms with E-state index in [1.165, 1.54) is 0 Å². The third kappa shape index (κ3) is 5.28. The summed E-state index contributed by atoms with van der Waals surface area (Å²) in [6.45, 7) is 6.42. The largest absolute Gasteiger partial charge is 0.339 e. The van der Waals surface area contributed by atoms with Crippen LogP contribution in [0, 0.1) is 30.6 Å². The van der Waals surface area contributed by atoms with Crippen LogP contribution >= 0.6 is 0 Å². The number of carbonyl (C=O) groups excluding carboxylic acids is 2. The molecule has 3 aromatic heterocycles. The van der Waals surface area contributed by atoms with Crippen LogP contribution in [-0.4, -0.2) is 42.8 Å². The average molecular weight is 508 g/mol. The van der Waals surface area contributed by atoms with Crippen molar-refractivity contribution in [3.8, 4) is 11.1 Å². The zero-order chi connectivity index (χ0) is 26.1. The second-order valence-corrected chi connectivity index (χ2v) is 10.2. The van der Waals surface area contributed by atoms with E-state index in [2.05, 4.69) is 30.9 Å². The van der Waals surface area contributed by atoms with E-state index in [0.29, 0.717) is 47.3 Å². The molecule has 2 aliphatic rings. The van der Waals surface area contributed by atoms with Crippen molar-refractivity contribution in [3.63, 3.8) is 0 Å². The van der Waals surface area contributed by atoms with Crippen molar-refractivity contribution in [2.24, 2.45) is 17.8 Å². The predicted octanol–water partition coefficient (Wildman–Crippen LogP) is 4.26. The Bertz CT molecular complexity index is 1280. The summed E-state index contributed by atoms with van der Waals surface area (Å²) >= 11 is 0. The van der Waals surface area contributed by atoms with Gasteiger partial charge in [-0.3, -0.25) is 19.4 Å². The van der Waals surface area contributed by atoms with Gasteiger partial charge in [0, 0.05) is 29.6 Å². The summed E-state index contributed by atoms with van der Waals surface area (Å²) in [6.07, 6.45) is 7.33. The molecular weight excluding hydrogens is 473 g/mol. The number of carbonyl (C=O) groups is 2. The van der Waals surface area contributed by atoms with Crippen molar-refractivity contribution >= 4 is 17.6 Å². The van der Waals surface area contributed by atoms with Gasteiger partial charge in [-0.25, -0.2) is 4.98 Å². The van der Waals surface area contributed by atoms with E-state index >= 15 is 4.39 Å². The molecule has 2 aliphatic carbocycles. The summed E-state index contributed by atoms with van der Waals surface area (Å²) in [5, 5.41) is 17.2. The minimum absolute atomic E-state index is 0.0521. The topological polar surface area (TPSA) is 118 Å². The van der Waals surface area contributed by atoms with Crippen molar-refractivity contribution in [3.05, 3.63) is 47.4 Å². The molecule has 0 bridgehead atoms. The molecule has 1 unspecified atom stereocenters. The Hall–Kier alpha value is -3.56. The maximum atomic E-state index is 15.1. The van der Waals surface area contributed by atoms with Crippen molar-refractivity contribution in [2.45, 2.75) is 71.9 Å². The average Bonchev–Trinajstić information content (AvgIpc) is 3.81. The number of hydrogen-bond acceptors (Lipinski definition) is 5. The normalized spacial score (nSPS) is 16.1. The fraction of sp³-hybridized carbons (Fsp3) is 0.519. The van der Waals surface area contributed by atoms with E-state index in [1.54, 1.807) is 29.1 Å². The molecular formula is C27H34FN7O2. The highest BCUT2D eigenvalue weighted by Gasteiger charge is 2.48. The summed E-state index contributed by atoms with van der Waals surface area (Å²) in [5.74, 6) is -0.383. The fourth-order valence-electron chi connectivity index (χ4n) is 5.35. The van der Waals surface area contributed by atoms with Gasteiger partial charge in [-0.15, -0.1) is 0 Å². The maximum absolute atomic E-state index is 15.1. The Morgan fingerprint density at radius 1 is 1.16 bits per heavy atom. The summed E-state index contributed by atoms with van der Waals surface area (Å²) in [7, 11) is 0. The molecule has 1 atom stereocenters. The van der Waals surface area contributed by atoms with Crippen molar-refractivity contribution in [1.82, 2.24) is 30.3 Å². The lowest BCUT2D eigenvalue weighted by atomic mass is 9.88. The summed E-state index contributed by atoms with van der Waals surface area (Å²) < 4.78 is 16.8. The third-order valence-electron chi connectivity index (χ3n) is 7.42. The molecule has 3 N–H and O–H groups in total. The first-order valence-electron chi connectivity index (χ1n) is 13.3. The minimum Gasteiger partial charge on any atom is -0.339 e. The highest BCUT2D eigenvalue weighted by atomic mass is 19.1. The predicted molar refractivity (Wildman–Crippen MR) is 137 cm³/mol. The number of halogens is 1. The van der Waals surface area contributed by atoms with Crippen LogP contribution in [0.3, 0.4) is 0 Å². The van der Waals surface area contributed by atoms with Crippen molar-refractivity contribution in [1.29, 1.82) is 0 Å². The molecule has 0 aromatic carbocycles. The number of hydrogen-bond donors (Lipinski definition) is 3. The van der Waals surface area contributed by atoms with Crippen LogP contribution in [-0.2, 0) is 17.8 Å². The van der Waals surface area contributed by atoms with Gasteiger partial charge in [0.2, 0.25) is 11.9 Å². The number of nitrogens with zero attached hydrogens (tertiary/aromatic N) is 4. The van der Waals surface area contributed by atoms with Gasteiger partial charge in [0.15, 0.2) is 0 Å². The zero-order valence-corrected chi connectivity index (χ0v) is 21.6. The summed E-state index contributed by atoms with van der Waals surface area (Å²) in [5.41, 5.74) is 2.99. The molecule has 9 nitrogen and oxygen atoms in total. The SMILES string of the molecule is CCCn1nccc1C(=O)NC(C(=O)Nc1ccc(-c2c(C)n[nH]c2CC)c(F)n1)C(C1CC1)C1CC1. The Kier molecular flexibility index (Phi) is 7.08. The van der Waals surface area contributed by atoms with Gasteiger partial charge in [-0.2, -0.15) is 14.6 Å². The van der Waals surface area contributed by atoms with Crippen molar-refractivity contribution < 1.29 is 14.0 Å². The number of aromatic amines is 1. The van der Waals surface area contributed by atoms with Crippen LogP contribution in [0.15, 0.2) is 24.4 Å². The smallest absolute Gasteiger partial charge is 0.270 e. The molecule has 0 aliphatic heterocycles. The van der Waals surface area contributed by atoms with Crippen LogP contribution in [0.25, 0.3) is 11.1 Å². The molecule has 37 heavy (non-hydrogen) atoms. The number of aryl methyl sites for hydroxylation is 3. The highest BCUT2D eigenvalue weighted by Crippen LogP contribution is 2.51. The van der Waals surface area contributed by atoms with Gasteiger partial charge in [0.05, 0.1) is 5.69 Å². The van der Waals surface area contributed by atoms with Crippen LogP contribution in [0.2, 0.25) is 0 Å². The number of H-pyrrole nitrogens is 1. The van der Waals surface area contributed by atoms with E-state index in [0.717, 1.165) is 37.8 Å². The summed E-state index contributed by atoms with van der Waals surface area (Å²) in [4.78, 5) is 30.9. The molecule has 0 saturated heterocycles. The van der Waals surface area contributed by atoms with E-state index in [4.69, 9.17) is 0 Å². The minimum atomic E-state index is -0.732. The van der Waals surface area contributed by atoms with Gasteiger partial charge in [-0.1, -0.05) is 13.8 Å². The summed E-state index contributed by atoms with van der Waals surface area (Å²) in [6, 6.07) is 4.15. The van der Waals surface area contributed by atoms with Gasteiger partial charge in [0.1, 0.15) is 17.6 Å². The van der Waals surface area contributed by atoms with Crippen molar-refractivity contribution in [2.75, 3.05) is 5.32 Å². The van der Waals surface area contributed by atoms with Gasteiger partial charge < -0.3 is 10.6 Å². The van der Waals surface area contributed by atoms with E-state index in [1.807, 2.05) is 20.8 Å².